The van der Waals surface area contributed by atoms with E-state index in [4.69, 9.17) is 0 Å². The van der Waals surface area contributed by atoms with Gasteiger partial charge in [-0.25, -0.2) is 4.79 Å². The average molecular weight is 474 g/mol. The number of nitrogens with zero attached hydrogens (tertiary/aromatic N) is 2. The first kappa shape index (κ1) is 23.7. The van der Waals surface area contributed by atoms with Gasteiger partial charge >= 0.3 is 6.03 Å². The zero-order valence-electron chi connectivity index (χ0n) is 19.1. The van der Waals surface area contributed by atoms with Crippen LogP contribution in [0, 0.1) is 10.1 Å². The number of hydrogen-bond acceptors (Lipinski definition) is 5. The predicted octanol–water partition coefficient (Wildman–Crippen LogP) is 4.63. The van der Waals surface area contributed by atoms with Crippen LogP contribution in [-0.4, -0.2) is 40.9 Å². The van der Waals surface area contributed by atoms with Gasteiger partial charge in [0.15, 0.2) is 0 Å². The number of urea groups is 1. The smallest absolute Gasteiger partial charge is 0.321 e. The maximum absolute atomic E-state index is 12.8. The fraction of sp³-hybridized carbons (Fsp3) is 0.231. The van der Waals surface area contributed by atoms with Crippen LogP contribution < -0.4 is 16.0 Å². The predicted molar refractivity (Wildman–Crippen MR) is 134 cm³/mol. The van der Waals surface area contributed by atoms with Gasteiger partial charge in [-0.1, -0.05) is 48.5 Å². The number of rotatable bonds is 7. The number of nitro groups is 1. The molecular weight excluding hydrogens is 446 g/mol. The highest BCUT2D eigenvalue weighted by Gasteiger charge is 2.25. The summed E-state index contributed by atoms with van der Waals surface area (Å²) in [5.41, 5.74) is 2.16. The number of para-hydroxylation sites is 1. The van der Waals surface area contributed by atoms with Crippen molar-refractivity contribution >= 4 is 29.0 Å². The lowest BCUT2D eigenvalue weighted by Gasteiger charge is -2.32. The van der Waals surface area contributed by atoms with E-state index >= 15 is 0 Å². The number of anilines is 2. The second-order valence-corrected chi connectivity index (χ2v) is 8.36. The second-order valence-electron chi connectivity index (χ2n) is 8.36. The van der Waals surface area contributed by atoms with Gasteiger partial charge in [-0.15, -0.1) is 0 Å². The number of nitrogens with one attached hydrogen (secondary N) is 3. The fourth-order valence-electron chi connectivity index (χ4n) is 3.99. The van der Waals surface area contributed by atoms with E-state index in [0.29, 0.717) is 38.2 Å². The lowest BCUT2D eigenvalue weighted by Crippen LogP contribution is -2.47. The molecule has 0 aliphatic carbocycles. The summed E-state index contributed by atoms with van der Waals surface area (Å²) in [6.45, 7) is 1.45. The quantitative estimate of drug-likeness (QED) is 0.342. The molecule has 0 atom stereocenters. The molecule has 1 aliphatic heterocycles. The minimum atomic E-state index is -0.492. The lowest BCUT2D eigenvalue weighted by atomic mass is 10.0. The first-order chi connectivity index (χ1) is 17.0. The molecule has 3 aromatic carbocycles. The van der Waals surface area contributed by atoms with Crippen LogP contribution in [0.2, 0.25) is 0 Å². The highest BCUT2D eigenvalue weighted by atomic mass is 16.6. The number of benzene rings is 3. The maximum atomic E-state index is 12.8. The molecule has 1 aliphatic rings. The first-order valence-corrected chi connectivity index (χ1v) is 11.5. The van der Waals surface area contributed by atoms with Gasteiger partial charge in [0.05, 0.1) is 4.92 Å². The van der Waals surface area contributed by atoms with Gasteiger partial charge in [0.1, 0.15) is 5.69 Å². The summed E-state index contributed by atoms with van der Waals surface area (Å²) in [4.78, 5) is 38.1. The molecule has 0 saturated carbocycles. The van der Waals surface area contributed by atoms with Crippen LogP contribution in [0.25, 0.3) is 0 Å². The minimum Gasteiger partial charge on any atom is -0.375 e. The van der Waals surface area contributed by atoms with Crippen molar-refractivity contribution in [2.24, 2.45) is 0 Å². The van der Waals surface area contributed by atoms with Crippen LogP contribution in [0.4, 0.5) is 21.9 Å². The largest absolute Gasteiger partial charge is 0.375 e. The monoisotopic (exact) mass is 473 g/mol. The molecule has 0 spiro atoms. The van der Waals surface area contributed by atoms with E-state index in [9.17, 15) is 19.7 Å². The third-order valence-electron chi connectivity index (χ3n) is 5.92. The van der Waals surface area contributed by atoms with Gasteiger partial charge in [-0.2, -0.15) is 0 Å². The Balaban J connectivity index is 1.32. The highest BCUT2D eigenvalue weighted by Crippen LogP contribution is 2.26. The summed E-state index contributed by atoms with van der Waals surface area (Å²) < 4.78 is 0. The number of piperidine rings is 1. The molecule has 9 heteroatoms. The van der Waals surface area contributed by atoms with E-state index in [1.165, 1.54) is 6.07 Å². The van der Waals surface area contributed by atoms with E-state index in [-0.39, 0.29) is 29.2 Å². The summed E-state index contributed by atoms with van der Waals surface area (Å²) in [5.74, 6) is -0.366. The zero-order valence-corrected chi connectivity index (χ0v) is 19.1. The van der Waals surface area contributed by atoms with E-state index in [1.54, 1.807) is 17.0 Å². The SMILES string of the molecule is O=C(NC1CCN(C(=O)Nc2ccccc2)CC1)c1ccc(NCc2ccccc2)c([N+](=O)[O-])c1. The molecule has 0 bridgehead atoms. The number of nitro benzene ring substituents is 1. The van der Waals surface area contributed by atoms with E-state index in [2.05, 4.69) is 16.0 Å². The molecule has 1 fully saturated rings. The van der Waals surface area contributed by atoms with Crippen LogP contribution in [0.5, 0.6) is 0 Å². The molecule has 0 aromatic heterocycles. The van der Waals surface area contributed by atoms with Crippen molar-refractivity contribution in [2.45, 2.75) is 25.4 Å². The highest BCUT2D eigenvalue weighted by molar-refractivity contribution is 5.96. The fourth-order valence-corrected chi connectivity index (χ4v) is 3.99. The van der Waals surface area contributed by atoms with Gasteiger partial charge in [0, 0.05) is 43.0 Å². The van der Waals surface area contributed by atoms with Crippen LogP contribution in [0.3, 0.4) is 0 Å². The maximum Gasteiger partial charge on any atom is 0.321 e. The van der Waals surface area contributed by atoms with Gasteiger partial charge in [0.25, 0.3) is 11.6 Å². The number of carbonyl (C=O) groups excluding carboxylic acids is 2. The van der Waals surface area contributed by atoms with Gasteiger partial charge in [-0.3, -0.25) is 14.9 Å². The van der Waals surface area contributed by atoms with Crippen molar-refractivity contribution in [2.75, 3.05) is 23.7 Å². The van der Waals surface area contributed by atoms with E-state index in [0.717, 1.165) is 11.3 Å². The molecule has 3 aromatic rings. The Morgan fingerprint density at radius 2 is 1.60 bits per heavy atom. The average Bonchev–Trinajstić information content (AvgIpc) is 2.89. The standard InChI is InChI=1S/C26H27N5O4/c32-25(28-22-13-15-30(16-14-22)26(33)29-21-9-5-2-6-10-21)20-11-12-23(24(17-20)31(34)35)27-18-19-7-3-1-4-8-19/h1-12,17,22,27H,13-16,18H2,(H,28,32)(H,29,33). The van der Waals surface area contributed by atoms with E-state index in [1.807, 2.05) is 60.7 Å². The molecule has 1 heterocycles. The number of likely N-dealkylation sites (tertiary alicyclic amines) is 1. The molecule has 4 rings (SSSR count). The Morgan fingerprint density at radius 1 is 0.943 bits per heavy atom. The summed E-state index contributed by atoms with van der Waals surface area (Å²) in [7, 11) is 0. The Morgan fingerprint density at radius 3 is 2.26 bits per heavy atom. The summed E-state index contributed by atoms with van der Waals surface area (Å²) in [6.07, 6.45) is 1.21. The molecule has 0 unspecified atom stereocenters. The van der Waals surface area contributed by atoms with Crippen molar-refractivity contribution in [1.29, 1.82) is 0 Å². The van der Waals surface area contributed by atoms with Crippen molar-refractivity contribution in [3.05, 3.63) is 100 Å². The van der Waals surface area contributed by atoms with Crippen LogP contribution in [0.15, 0.2) is 78.9 Å². The molecule has 3 N–H and O–H groups in total. The number of hydrogen-bond donors (Lipinski definition) is 3. The summed E-state index contributed by atoms with van der Waals surface area (Å²) in [6, 6.07) is 23.0. The van der Waals surface area contributed by atoms with Gasteiger partial charge in [0.2, 0.25) is 0 Å². The number of carbonyl (C=O) groups is 2. The lowest BCUT2D eigenvalue weighted by molar-refractivity contribution is -0.384. The first-order valence-electron chi connectivity index (χ1n) is 11.5. The Kier molecular flexibility index (Phi) is 7.57. The second kappa shape index (κ2) is 11.1. The van der Waals surface area contributed by atoms with Crippen LogP contribution >= 0.6 is 0 Å². The molecule has 35 heavy (non-hydrogen) atoms. The van der Waals surface area contributed by atoms with Crippen molar-refractivity contribution < 1.29 is 14.5 Å². The molecule has 0 radical (unpaired) electrons. The number of amides is 3. The third-order valence-corrected chi connectivity index (χ3v) is 5.92. The molecule has 180 valence electrons. The zero-order chi connectivity index (χ0) is 24.6. The Hall–Kier alpha value is -4.40. The van der Waals surface area contributed by atoms with E-state index < -0.39 is 4.92 Å². The summed E-state index contributed by atoms with van der Waals surface area (Å²) in [5, 5.41) is 20.5. The molecule has 3 amide bonds. The minimum absolute atomic E-state index is 0.113. The normalized spacial score (nSPS) is 13.7. The van der Waals surface area contributed by atoms with Crippen molar-refractivity contribution in [1.82, 2.24) is 10.2 Å². The Bertz CT molecular complexity index is 1180. The third kappa shape index (κ3) is 6.35. The van der Waals surface area contributed by atoms with Crippen molar-refractivity contribution in [3.63, 3.8) is 0 Å². The van der Waals surface area contributed by atoms with Crippen molar-refractivity contribution in [3.8, 4) is 0 Å². The topological polar surface area (TPSA) is 117 Å². The molecule has 1 saturated heterocycles. The van der Waals surface area contributed by atoms with Gasteiger partial charge in [-0.05, 0) is 42.7 Å². The molecule has 9 nitrogen and oxygen atoms in total. The molecular formula is C26H27N5O4. The van der Waals surface area contributed by atoms with Gasteiger partial charge < -0.3 is 20.9 Å². The Labute approximate surface area is 203 Å². The van der Waals surface area contributed by atoms with Crippen LogP contribution in [0.1, 0.15) is 28.8 Å². The van der Waals surface area contributed by atoms with Crippen LogP contribution in [-0.2, 0) is 6.54 Å². The summed E-state index contributed by atoms with van der Waals surface area (Å²) >= 11 is 0.